The van der Waals surface area contributed by atoms with Crippen molar-refractivity contribution in [2.24, 2.45) is 0 Å². The molecule has 0 atom stereocenters. The highest BCUT2D eigenvalue weighted by Crippen LogP contribution is 1.85. The van der Waals surface area contributed by atoms with Crippen molar-refractivity contribution in [2.45, 2.75) is 0 Å². The van der Waals surface area contributed by atoms with Crippen molar-refractivity contribution in [3.8, 4) is 0 Å². The van der Waals surface area contributed by atoms with Crippen molar-refractivity contribution in [2.75, 3.05) is 0 Å². The lowest BCUT2D eigenvalue weighted by molar-refractivity contribution is 0.500. The largest absolute Gasteiger partial charge is 0.435 e. The van der Waals surface area contributed by atoms with Gasteiger partial charge in [-0.3, -0.25) is 0 Å². The highest BCUT2D eigenvalue weighted by Gasteiger charge is 2.01. The first-order valence-corrected chi connectivity index (χ1v) is 5.00. The first-order valence-electron chi connectivity index (χ1n) is 2.21. The summed E-state index contributed by atoms with van der Waals surface area (Å²) in [5.41, 5.74) is 3.49. The van der Waals surface area contributed by atoms with E-state index in [1.54, 1.807) is 11.4 Å². The fourth-order valence-electron chi connectivity index (χ4n) is 0.236. The Labute approximate surface area is 62.9 Å². The molecule has 0 aliphatic rings. The number of hydrogen-bond donors (Lipinski definition) is 0. The molecule has 9 heavy (non-hydrogen) atoms. The molecule has 0 aliphatic carbocycles. The van der Waals surface area contributed by atoms with Gasteiger partial charge < -0.3 is 8.23 Å². The molecule has 2 nitrogen and oxygen atoms in total. The van der Waals surface area contributed by atoms with E-state index in [1.165, 1.54) is 0 Å². The Kier molecular flexibility index (Phi) is 6.21. The van der Waals surface area contributed by atoms with Crippen LogP contribution in [0.4, 0.5) is 0 Å². The molecule has 0 saturated carbocycles. The summed E-state index contributed by atoms with van der Waals surface area (Å²) in [6, 6.07) is 0. The Balaban J connectivity index is 3.30. The zero-order chi connectivity index (χ0) is 7.11. The van der Waals surface area contributed by atoms with Crippen LogP contribution in [0.5, 0.6) is 0 Å². The lowest BCUT2D eigenvalue weighted by atomic mass is 11.2. The van der Waals surface area contributed by atoms with Crippen LogP contribution >= 0.6 is 0 Å². The van der Waals surface area contributed by atoms with Crippen molar-refractivity contribution >= 4 is 29.5 Å². The molecule has 0 aromatic heterocycles. The standard InChI is InChI=1S/C4H6O2Si3/c1-3-9(4-2)6-8-5-7/h3-4H,1-2H2. The van der Waals surface area contributed by atoms with Crippen molar-refractivity contribution in [3.05, 3.63) is 24.6 Å². The molecule has 0 aromatic rings. The van der Waals surface area contributed by atoms with Gasteiger partial charge in [-0.15, -0.1) is 13.2 Å². The van der Waals surface area contributed by atoms with Crippen LogP contribution in [0.1, 0.15) is 0 Å². The summed E-state index contributed by atoms with van der Waals surface area (Å²) >= 11 is 0. The van der Waals surface area contributed by atoms with E-state index >= 15 is 0 Å². The van der Waals surface area contributed by atoms with Crippen LogP contribution in [0.2, 0.25) is 0 Å². The van der Waals surface area contributed by atoms with E-state index in [1.807, 2.05) is 0 Å². The van der Waals surface area contributed by atoms with Gasteiger partial charge in [0.15, 0.2) is 0 Å². The number of rotatable bonds is 5. The third-order valence-corrected chi connectivity index (χ3v) is 3.02. The van der Waals surface area contributed by atoms with Crippen LogP contribution in [0.15, 0.2) is 24.6 Å². The molecule has 5 heteroatoms. The quantitative estimate of drug-likeness (QED) is 0.544. The van der Waals surface area contributed by atoms with E-state index in [4.69, 9.17) is 4.12 Å². The highest BCUT2D eigenvalue weighted by molar-refractivity contribution is 6.67. The van der Waals surface area contributed by atoms with Gasteiger partial charge in [0.1, 0.15) is 0 Å². The summed E-state index contributed by atoms with van der Waals surface area (Å²) in [4.78, 5) is 0. The Morgan fingerprint density at radius 3 is 2.33 bits per heavy atom. The van der Waals surface area contributed by atoms with E-state index in [9.17, 15) is 0 Å². The predicted molar refractivity (Wildman–Crippen MR) is 39.8 cm³/mol. The summed E-state index contributed by atoms with van der Waals surface area (Å²) in [7, 11) is 1.84. The van der Waals surface area contributed by atoms with Gasteiger partial charge in [-0.25, -0.2) is 0 Å². The molecule has 0 fully saturated rings. The third-order valence-electron chi connectivity index (χ3n) is 0.604. The highest BCUT2D eigenvalue weighted by atomic mass is 28.4. The van der Waals surface area contributed by atoms with Crippen molar-refractivity contribution in [1.82, 2.24) is 0 Å². The SMILES string of the molecule is C=C[Si](C=C)O[Si]O[Si]. The van der Waals surface area contributed by atoms with Gasteiger partial charge in [-0.2, -0.15) is 0 Å². The lowest BCUT2D eigenvalue weighted by Gasteiger charge is -2.01. The minimum atomic E-state index is -1.00. The van der Waals surface area contributed by atoms with E-state index in [0.29, 0.717) is 0 Å². The van der Waals surface area contributed by atoms with E-state index < -0.39 is 9.04 Å². The van der Waals surface area contributed by atoms with Crippen LogP contribution in [0.25, 0.3) is 0 Å². The molecule has 0 aromatic carbocycles. The average molecular weight is 170 g/mol. The second-order valence-electron chi connectivity index (χ2n) is 1.10. The van der Waals surface area contributed by atoms with Crippen LogP contribution in [0.3, 0.4) is 0 Å². The molecular weight excluding hydrogens is 164 g/mol. The number of hydrogen-bond acceptors (Lipinski definition) is 2. The Morgan fingerprint density at radius 1 is 1.44 bits per heavy atom. The third kappa shape index (κ3) is 4.55. The van der Waals surface area contributed by atoms with Gasteiger partial charge in [-0.05, 0) is 0 Å². The summed E-state index contributed by atoms with van der Waals surface area (Å²) < 4.78 is 9.63. The maximum Gasteiger partial charge on any atom is 0.410 e. The maximum atomic E-state index is 5.11. The molecule has 0 amide bonds. The molecule has 0 saturated heterocycles. The van der Waals surface area contributed by atoms with Crippen LogP contribution < -0.4 is 0 Å². The van der Waals surface area contributed by atoms with Crippen LogP contribution in [-0.2, 0) is 8.23 Å². The average Bonchev–Trinajstić information content (AvgIpc) is 1.91. The molecule has 0 aliphatic heterocycles. The second-order valence-corrected chi connectivity index (χ2v) is 4.52. The van der Waals surface area contributed by atoms with E-state index in [2.05, 4.69) is 27.8 Å². The summed E-state index contributed by atoms with van der Waals surface area (Å²) in [6.07, 6.45) is 0. The first kappa shape index (κ1) is 9.05. The van der Waals surface area contributed by atoms with Gasteiger partial charge in [-0.1, -0.05) is 11.4 Å². The maximum absolute atomic E-state index is 5.11. The molecule has 0 bridgehead atoms. The zero-order valence-corrected chi connectivity index (χ0v) is 7.89. The minimum Gasteiger partial charge on any atom is -0.435 e. The van der Waals surface area contributed by atoms with Gasteiger partial charge in [0.25, 0.3) is 9.04 Å². The van der Waals surface area contributed by atoms with Crippen molar-refractivity contribution in [1.29, 1.82) is 0 Å². The zero-order valence-electron chi connectivity index (χ0n) is 4.89. The molecular formula is C4H6O2Si3. The molecule has 0 unspecified atom stereocenters. The van der Waals surface area contributed by atoms with Crippen LogP contribution in [0, 0.1) is 0 Å². The Morgan fingerprint density at radius 2 is 2.00 bits per heavy atom. The monoisotopic (exact) mass is 170 g/mol. The van der Waals surface area contributed by atoms with E-state index in [-0.39, 0.29) is 10.0 Å². The Bertz CT molecular complexity index is 87.8. The lowest BCUT2D eigenvalue weighted by Crippen LogP contribution is -2.16. The minimum absolute atomic E-state index is 0.0252. The summed E-state index contributed by atoms with van der Waals surface area (Å²) in [6.45, 7) is 7.13. The second kappa shape index (κ2) is 6.17. The first-order chi connectivity index (χ1) is 4.35. The topological polar surface area (TPSA) is 18.5 Å². The predicted octanol–water partition coefficient (Wildman–Crippen LogP) is 0.0792. The van der Waals surface area contributed by atoms with Gasteiger partial charge in [0.05, 0.1) is 0 Å². The normalized spacial score (nSPS) is 9.56. The molecule has 46 valence electrons. The van der Waals surface area contributed by atoms with Crippen molar-refractivity contribution in [3.63, 3.8) is 0 Å². The fraction of sp³-hybridized carbons (Fsp3) is 0. The molecule has 0 rings (SSSR count). The van der Waals surface area contributed by atoms with Crippen molar-refractivity contribution < 1.29 is 8.23 Å². The van der Waals surface area contributed by atoms with Crippen LogP contribution in [-0.4, -0.2) is 29.5 Å². The van der Waals surface area contributed by atoms with Gasteiger partial charge in [0.2, 0.25) is 10.5 Å². The Hall–Kier alpha value is 0.0506. The molecule has 0 spiro atoms. The summed E-state index contributed by atoms with van der Waals surface area (Å²) in [5.74, 6) is 0. The molecule has 0 heterocycles. The summed E-state index contributed by atoms with van der Waals surface area (Å²) in [5, 5.41) is 0. The van der Waals surface area contributed by atoms with E-state index in [0.717, 1.165) is 0 Å². The molecule has 0 N–H and O–H groups in total. The van der Waals surface area contributed by atoms with Gasteiger partial charge >= 0.3 is 10.0 Å². The smallest absolute Gasteiger partial charge is 0.410 e. The fourth-order valence-corrected chi connectivity index (χ4v) is 2.00. The molecule has 6 radical (unpaired) electrons. The van der Waals surface area contributed by atoms with Gasteiger partial charge in [0, 0.05) is 0 Å².